The van der Waals surface area contributed by atoms with E-state index in [0.29, 0.717) is 0 Å². The average molecular weight is 303 g/mol. The first-order chi connectivity index (χ1) is 8.27. The van der Waals surface area contributed by atoms with E-state index in [0.717, 1.165) is 5.92 Å². The number of allylic oxidation sites excluding steroid dienone is 2. The van der Waals surface area contributed by atoms with Crippen LogP contribution in [0.25, 0.3) is 0 Å². The predicted molar refractivity (Wildman–Crippen MR) is 83.9 cm³/mol. The minimum atomic E-state index is 0.846. The van der Waals surface area contributed by atoms with Gasteiger partial charge in [0.25, 0.3) is 0 Å². The molecule has 0 fully saturated rings. The Labute approximate surface area is 117 Å². The van der Waals surface area contributed by atoms with Crippen molar-refractivity contribution in [2.45, 2.75) is 78.1 Å². The summed E-state index contributed by atoms with van der Waals surface area (Å²) in [6.45, 7) is 4.59. The molecule has 0 saturated heterocycles. The van der Waals surface area contributed by atoms with Crippen LogP contribution < -0.4 is 0 Å². The van der Waals surface area contributed by atoms with Crippen LogP contribution in [0.1, 0.15) is 78.1 Å². The van der Waals surface area contributed by atoms with E-state index in [1.807, 2.05) is 0 Å². The highest BCUT2D eigenvalue weighted by atomic mass is 79.9. The zero-order valence-electron chi connectivity index (χ0n) is 11.9. The first-order valence-corrected chi connectivity index (χ1v) is 8.60. The maximum Gasteiger partial charge on any atom is 0.00313 e. The Hall–Kier alpha value is 0.220. The first kappa shape index (κ1) is 17.2. The van der Waals surface area contributed by atoms with Crippen LogP contribution >= 0.6 is 15.9 Å². The van der Waals surface area contributed by atoms with Gasteiger partial charge < -0.3 is 0 Å². The molecule has 0 aliphatic carbocycles. The molecule has 0 spiro atoms. The van der Waals surface area contributed by atoms with Crippen molar-refractivity contribution in [2.24, 2.45) is 5.92 Å². The van der Waals surface area contributed by atoms with Crippen molar-refractivity contribution in [3.8, 4) is 0 Å². The molecule has 0 bridgehead atoms. The Morgan fingerprint density at radius 3 is 1.88 bits per heavy atom. The fourth-order valence-electron chi connectivity index (χ4n) is 1.91. The Bertz CT molecular complexity index is 161. The van der Waals surface area contributed by atoms with Gasteiger partial charge in [-0.3, -0.25) is 0 Å². The fraction of sp³-hybridized carbons (Fsp3) is 0.875. The lowest BCUT2D eigenvalue weighted by atomic mass is 10.1. The molecule has 0 rings (SSSR count). The number of halogens is 1. The molecule has 102 valence electrons. The molecule has 0 heterocycles. The highest BCUT2D eigenvalue weighted by Gasteiger charge is 1.91. The Morgan fingerprint density at radius 1 is 0.765 bits per heavy atom. The number of hydrogen-bond acceptors (Lipinski definition) is 0. The van der Waals surface area contributed by atoms with E-state index in [4.69, 9.17) is 0 Å². The summed E-state index contributed by atoms with van der Waals surface area (Å²) in [6.07, 6.45) is 18.5. The molecule has 0 aromatic carbocycles. The molecule has 0 aliphatic heterocycles. The van der Waals surface area contributed by atoms with Gasteiger partial charge in [-0.15, -0.1) is 0 Å². The fourth-order valence-corrected chi connectivity index (χ4v) is 2.30. The molecule has 0 nitrogen and oxygen atoms in total. The SMILES string of the molecule is CC(C)CC/C=C\CCCCCCCCCBr. The van der Waals surface area contributed by atoms with Crippen LogP contribution in [0.5, 0.6) is 0 Å². The summed E-state index contributed by atoms with van der Waals surface area (Å²) in [6, 6.07) is 0. The van der Waals surface area contributed by atoms with Gasteiger partial charge in [0.15, 0.2) is 0 Å². The second-order valence-corrected chi connectivity index (χ2v) is 6.19. The van der Waals surface area contributed by atoms with Crippen LogP contribution in [0.15, 0.2) is 12.2 Å². The van der Waals surface area contributed by atoms with Crippen LogP contribution in [-0.2, 0) is 0 Å². The van der Waals surface area contributed by atoms with E-state index in [9.17, 15) is 0 Å². The van der Waals surface area contributed by atoms with Crippen molar-refractivity contribution < 1.29 is 0 Å². The summed E-state index contributed by atoms with van der Waals surface area (Å²) >= 11 is 3.47. The largest absolute Gasteiger partial charge is 0.0928 e. The lowest BCUT2D eigenvalue weighted by Crippen LogP contribution is -1.83. The Morgan fingerprint density at radius 2 is 1.29 bits per heavy atom. The molecular weight excluding hydrogens is 272 g/mol. The molecule has 0 aliphatic rings. The van der Waals surface area contributed by atoms with E-state index < -0.39 is 0 Å². The van der Waals surface area contributed by atoms with Gasteiger partial charge in [0, 0.05) is 5.33 Å². The van der Waals surface area contributed by atoms with Crippen molar-refractivity contribution in [3.05, 3.63) is 12.2 Å². The van der Waals surface area contributed by atoms with Crippen molar-refractivity contribution >= 4 is 15.9 Å². The smallest absolute Gasteiger partial charge is 0.00313 e. The van der Waals surface area contributed by atoms with Crippen LogP contribution in [-0.4, -0.2) is 5.33 Å². The van der Waals surface area contributed by atoms with Crippen molar-refractivity contribution in [2.75, 3.05) is 5.33 Å². The molecule has 0 aromatic heterocycles. The summed E-state index contributed by atoms with van der Waals surface area (Å²) in [7, 11) is 0. The number of unbranched alkanes of at least 4 members (excludes halogenated alkanes) is 7. The van der Waals surface area contributed by atoms with Gasteiger partial charge in [-0.1, -0.05) is 74.0 Å². The van der Waals surface area contributed by atoms with E-state index in [1.165, 1.54) is 69.5 Å². The quantitative estimate of drug-likeness (QED) is 0.219. The molecule has 1 heteroatoms. The van der Waals surface area contributed by atoms with Gasteiger partial charge in [0.05, 0.1) is 0 Å². The second kappa shape index (κ2) is 14.3. The van der Waals surface area contributed by atoms with Gasteiger partial charge >= 0.3 is 0 Å². The molecule has 17 heavy (non-hydrogen) atoms. The summed E-state index contributed by atoms with van der Waals surface area (Å²) in [5.74, 6) is 0.846. The third-order valence-electron chi connectivity index (χ3n) is 3.08. The molecule has 0 radical (unpaired) electrons. The third-order valence-corrected chi connectivity index (χ3v) is 3.64. The standard InChI is InChI=1S/C16H31Br/c1-16(2)14-12-10-8-6-4-3-5-7-9-11-13-15-17/h8,10,16H,3-7,9,11-15H2,1-2H3/b10-8-. The van der Waals surface area contributed by atoms with Crippen molar-refractivity contribution in [3.63, 3.8) is 0 Å². The minimum Gasteiger partial charge on any atom is -0.0928 e. The minimum absolute atomic E-state index is 0.846. The molecular formula is C16H31Br. The Balaban J connectivity index is 3.02. The molecule has 0 atom stereocenters. The maximum absolute atomic E-state index is 3.47. The zero-order valence-corrected chi connectivity index (χ0v) is 13.5. The summed E-state index contributed by atoms with van der Waals surface area (Å²) in [5, 5.41) is 1.17. The number of alkyl halides is 1. The number of rotatable bonds is 12. The molecule has 0 amide bonds. The highest BCUT2D eigenvalue weighted by Crippen LogP contribution is 2.10. The topological polar surface area (TPSA) is 0 Å². The summed E-state index contributed by atoms with van der Waals surface area (Å²) in [5.41, 5.74) is 0. The van der Waals surface area contributed by atoms with E-state index in [2.05, 4.69) is 41.9 Å². The van der Waals surface area contributed by atoms with E-state index in [1.54, 1.807) is 0 Å². The second-order valence-electron chi connectivity index (χ2n) is 5.40. The van der Waals surface area contributed by atoms with Gasteiger partial charge in [-0.25, -0.2) is 0 Å². The predicted octanol–water partition coefficient (Wildman–Crippen LogP) is 6.49. The molecule has 0 aromatic rings. The van der Waals surface area contributed by atoms with Crippen LogP contribution in [0, 0.1) is 5.92 Å². The molecule has 0 saturated carbocycles. The average Bonchev–Trinajstić information content (AvgIpc) is 2.30. The normalized spacial score (nSPS) is 11.8. The van der Waals surface area contributed by atoms with Gasteiger partial charge in [-0.05, 0) is 38.0 Å². The van der Waals surface area contributed by atoms with Gasteiger partial charge in [-0.2, -0.15) is 0 Å². The Kier molecular flexibility index (Phi) is 14.5. The van der Waals surface area contributed by atoms with E-state index >= 15 is 0 Å². The van der Waals surface area contributed by atoms with Gasteiger partial charge in [0.2, 0.25) is 0 Å². The number of hydrogen-bond donors (Lipinski definition) is 0. The maximum atomic E-state index is 3.47. The van der Waals surface area contributed by atoms with Crippen molar-refractivity contribution in [1.82, 2.24) is 0 Å². The first-order valence-electron chi connectivity index (χ1n) is 7.48. The van der Waals surface area contributed by atoms with Crippen LogP contribution in [0.3, 0.4) is 0 Å². The lowest BCUT2D eigenvalue weighted by molar-refractivity contribution is 0.588. The monoisotopic (exact) mass is 302 g/mol. The van der Waals surface area contributed by atoms with E-state index in [-0.39, 0.29) is 0 Å². The summed E-state index contributed by atoms with van der Waals surface area (Å²) < 4.78 is 0. The lowest BCUT2D eigenvalue weighted by Gasteiger charge is -2.00. The molecule has 0 N–H and O–H groups in total. The van der Waals surface area contributed by atoms with Crippen LogP contribution in [0.4, 0.5) is 0 Å². The third kappa shape index (κ3) is 16.2. The van der Waals surface area contributed by atoms with Gasteiger partial charge in [0.1, 0.15) is 0 Å². The van der Waals surface area contributed by atoms with Crippen molar-refractivity contribution in [1.29, 1.82) is 0 Å². The molecule has 0 unspecified atom stereocenters. The zero-order chi connectivity index (χ0) is 12.8. The van der Waals surface area contributed by atoms with Crippen LogP contribution in [0.2, 0.25) is 0 Å². The highest BCUT2D eigenvalue weighted by molar-refractivity contribution is 9.09. The summed E-state index contributed by atoms with van der Waals surface area (Å²) in [4.78, 5) is 0.